The van der Waals surface area contributed by atoms with Crippen molar-refractivity contribution >= 4 is 5.91 Å². The molecule has 100 valence electrons. The average molecular weight is 240 g/mol. The maximum atomic E-state index is 12.3. The largest absolute Gasteiger partial charge is 0.326 e. The number of hydrogen-bond acceptors (Lipinski definition) is 2. The van der Waals surface area contributed by atoms with E-state index >= 15 is 0 Å². The fourth-order valence-corrected chi connectivity index (χ4v) is 2.41. The highest BCUT2D eigenvalue weighted by atomic mass is 16.2. The highest BCUT2D eigenvalue weighted by Crippen LogP contribution is 2.20. The minimum absolute atomic E-state index is 0.0362. The first-order chi connectivity index (χ1) is 7.97. The zero-order valence-electron chi connectivity index (χ0n) is 12.0. The van der Waals surface area contributed by atoms with Crippen LogP contribution in [0.5, 0.6) is 0 Å². The van der Waals surface area contributed by atoms with E-state index in [0.29, 0.717) is 11.8 Å². The zero-order chi connectivity index (χ0) is 13.0. The van der Waals surface area contributed by atoms with Crippen LogP contribution in [0.25, 0.3) is 0 Å². The molecule has 0 bridgehead atoms. The second-order valence-corrected chi connectivity index (χ2v) is 5.77. The Kier molecular flexibility index (Phi) is 5.44. The third-order valence-electron chi connectivity index (χ3n) is 3.83. The molecule has 0 aromatic heterocycles. The Bertz CT molecular complexity index is 253. The molecule has 0 radical (unpaired) electrons. The molecule has 3 nitrogen and oxygen atoms in total. The van der Waals surface area contributed by atoms with Gasteiger partial charge in [0.05, 0.1) is 12.2 Å². The van der Waals surface area contributed by atoms with Gasteiger partial charge < -0.3 is 4.90 Å². The smallest absolute Gasteiger partial charge is 0.241 e. The van der Waals surface area contributed by atoms with E-state index in [1.807, 2.05) is 4.90 Å². The Balaban J connectivity index is 2.48. The first-order valence-electron chi connectivity index (χ1n) is 7.03. The molecule has 3 unspecified atom stereocenters. The van der Waals surface area contributed by atoms with E-state index in [9.17, 15) is 4.79 Å². The topological polar surface area (TPSA) is 32.3 Å². The van der Waals surface area contributed by atoms with Crippen LogP contribution in [0.4, 0.5) is 0 Å². The van der Waals surface area contributed by atoms with E-state index < -0.39 is 0 Å². The van der Waals surface area contributed by atoms with Crippen LogP contribution in [0, 0.1) is 11.8 Å². The summed E-state index contributed by atoms with van der Waals surface area (Å²) in [6.45, 7) is 11.8. The van der Waals surface area contributed by atoms with Gasteiger partial charge in [0.1, 0.15) is 0 Å². The summed E-state index contributed by atoms with van der Waals surface area (Å²) in [6, 6.07) is 0.0362. The van der Waals surface area contributed by atoms with E-state index in [0.717, 1.165) is 25.3 Å². The molecule has 0 spiro atoms. The van der Waals surface area contributed by atoms with Crippen molar-refractivity contribution in [3.63, 3.8) is 0 Å². The maximum Gasteiger partial charge on any atom is 0.241 e. The van der Waals surface area contributed by atoms with Crippen LogP contribution >= 0.6 is 0 Å². The summed E-state index contributed by atoms with van der Waals surface area (Å²) in [5, 5.41) is 3.42. The van der Waals surface area contributed by atoms with Crippen molar-refractivity contribution in [1.29, 1.82) is 0 Å². The third kappa shape index (κ3) is 3.70. The third-order valence-corrected chi connectivity index (χ3v) is 3.83. The molecule has 0 saturated carbocycles. The Morgan fingerprint density at radius 3 is 2.53 bits per heavy atom. The minimum atomic E-state index is 0.0362. The van der Waals surface area contributed by atoms with Crippen LogP contribution in [0.1, 0.15) is 53.9 Å². The molecule has 1 heterocycles. The summed E-state index contributed by atoms with van der Waals surface area (Å²) >= 11 is 0. The van der Waals surface area contributed by atoms with Gasteiger partial charge in [-0.15, -0.1) is 0 Å². The first-order valence-corrected chi connectivity index (χ1v) is 7.03. The fraction of sp³-hybridized carbons (Fsp3) is 0.929. The van der Waals surface area contributed by atoms with Gasteiger partial charge in [0, 0.05) is 6.54 Å². The van der Waals surface area contributed by atoms with Crippen LogP contribution in [0.2, 0.25) is 0 Å². The molecule has 1 fully saturated rings. The van der Waals surface area contributed by atoms with E-state index in [1.165, 1.54) is 6.42 Å². The monoisotopic (exact) mass is 240 g/mol. The van der Waals surface area contributed by atoms with Crippen LogP contribution in [0.3, 0.4) is 0 Å². The molecule has 1 aliphatic heterocycles. The molecular weight excluding hydrogens is 212 g/mol. The Morgan fingerprint density at radius 2 is 2.00 bits per heavy atom. The normalized spacial score (nSPS) is 26.9. The summed E-state index contributed by atoms with van der Waals surface area (Å²) < 4.78 is 0. The molecule has 0 aromatic rings. The van der Waals surface area contributed by atoms with Crippen LogP contribution < -0.4 is 5.32 Å². The Hall–Kier alpha value is -0.570. The van der Waals surface area contributed by atoms with Crippen LogP contribution in [0.15, 0.2) is 0 Å². The van der Waals surface area contributed by atoms with E-state index in [2.05, 4.69) is 39.9 Å². The van der Waals surface area contributed by atoms with E-state index in [1.54, 1.807) is 0 Å². The predicted octanol–water partition coefficient (Wildman–Crippen LogP) is 2.62. The molecule has 1 amide bonds. The molecule has 1 N–H and O–H groups in total. The van der Waals surface area contributed by atoms with Gasteiger partial charge in [0.25, 0.3) is 0 Å². The van der Waals surface area contributed by atoms with Crippen molar-refractivity contribution in [1.82, 2.24) is 10.2 Å². The molecule has 0 aliphatic carbocycles. The number of carbonyl (C=O) groups is 1. The fourth-order valence-electron chi connectivity index (χ4n) is 2.41. The Labute approximate surface area is 106 Å². The molecule has 0 aromatic carbocycles. The molecular formula is C14H28N2O. The maximum absolute atomic E-state index is 12.3. The minimum Gasteiger partial charge on any atom is -0.326 e. The highest BCUT2D eigenvalue weighted by molar-refractivity contribution is 5.84. The summed E-state index contributed by atoms with van der Waals surface area (Å²) in [5.74, 6) is 1.46. The van der Waals surface area contributed by atoms with Gasteiger partial charge >= 0.3 is 0 Å². The van der Waals surface area contributed by atoms with Crippen LogP contribution in [-0.4, -0.2) is 29.6 Å². The number of hydrogen-bond donors (Lipinski definition) is 1. The summed E-state index contributed by atoms with van der Waals surface area (Å²) in [7, 11) is 0. The van der Waals surface area contributed by atoms with E-state index in [4.69, 9.17) is 0 Å². The lowest BCUT2D eigenvalue weighted by molar-refractivity contribution is -0.130. The lowest BCUT2D eigenvalue weighted by atomic mass is 9.99. The number of amides is 1. The molecule has 1 rings (SSSR count). The van der Waals surface area contributed by atoms with Gasteiger partial charge in [-0.05, 0) is 31.6 Å². The lowest BCUT2D eigenvalue weighted by Gasteiger charge is -2.21. The van der Waals surface area contributed by atoms with Gasteiger partial charge in [0.15, 0.2) is 0 Å². The van der Waals surface area contributed by atoms with Crippen molar-refractivity contribution in [2.24, 2.45) is 11.8 Å². The standard InChI is InChI=1S/C14H28N2O/c1-6-11(4)13-14(17)16(12(5)15-13)9-7-8-10(2)3/h10-13,15H,6-9H2,1-5H3. The van der Waals surface area contributed by atoms with Gasteiger partial charge in [-0.25, -0.2) is 0 Å². The number of nitrogens with zero attached hydrogens (tertiary/aromatic N) is 1. The van der Waals surface area contributed by atoms with Gasteiger partial charge in [-0.2, -0.15) is 0 Å². The van der Waals surface area contributed by atoms with Crippen molar-refractivity contribution in [2.45, 2.75) is 66.1 Å². The molecule has 1 saturated heterocycles. The van der Waals surface area contributed by atoms with E-state index in [-0.39, 0.29) is 12.2 Å². The first kappa shape index (κ1) is 14.5. The average Bonchev–Trinajstić information content (AvgIpc) is 2.55. The zero-order valence-corrected chi connectivity index (χ0v) is 12.0. The van der Waals surface area contributed by atoms with Crippen LogP contribution in [-0.2, 0) is 4.79 Å². The molecule has 17 heavy (non-hydrogen) atoms. The van der Waals surface area contributed by atoms with Gasteiger partial charge in [-0.1, -0.05) is 34.1 Å². The molecule has 1 aliphatic rings. The van der Waals surface area contributed by atoms with Crippen molar-refractivity contribution < 1.29 is 4.79 Å². The molecule has 3 atom stereocenters. The van der Waals surface area contributed by atoms with Gasteiger partial charge in [-0.3, -0.25) is 10.1 Å². The highest BCUT2D eigenvalue weighted by Gasteiger charge is 2.38. The number of nitrogens with one attached hydrogen (secondary N) is 1. The second-order valence-electron chi connectivity index (χ2n) is 5.77. The number of rotatable bonds is 6. The summed E-state index contributed by atoms with van der Waals surface area (Å²) in [5.41, 5.74) is 0. The number of carbonyl (C=O) groups excluding carboxylic acids is 1. The predicted molar refractivity (Wildman–Crippen MR) is 71.6 cm³/mol. The Morgan fingerprint density at radius 1 is 1.35 bits per heavy atom. The quantitative estimate of drug-likeness (QED) is 0.774. The van der Waals surface area contributed by atoms with Gasteiger partial charge in [0.2, 0.25) is 5.91 Å². The van der Waals surface area contributed by atoms with Crippen molar-refractivity contribution in [2.75, 3.05) is 6.54 Å². The van der Waals surface area contributed by atoms with Crippen molar-refractivity contribution in [3.05, 3.63) is 0 Å². The SMILES string of the molecule is CCC(C)C1NC(C)N(CCCC(C)C)C1=O. The second kappa shape index (κ2) is 6.39. The lowest BCUT2D eigenvalue weighted by Crippen LogP contribution is -2.36. The van der Waals surface area contributed by atoms with Crippen molar-refractivity contribution in [3.8, 4) is 0 Å². The summed E-state index contributed by atoms with van der Waals surface area (Å²) in [4.78, 5) is 14.3. The molecule has 3 heteroatoms. The summed E-state index contributed by atoms with van der Waals surface area (Å²) in [6.07, 6.45) is 3.57.